The molecule has 3 heterocycles. The van der Waals surface area contributed by atoms with Gasteiger partial charge in [-0.05, 0) is 71.1 Å². The second kappa shape index (κ2) is 13.5. The van der Waals surface area contributed by atoms with Gasteiger partial charge in [0.1, 0.15) is 29.6 Å². The van der Waals surface area contributed by atoms with Crippen LogP contribution in [0.15, 0.2) is 30.5 Å². The normalized spacial score (nSPS) is 17.9. The minimum atomic E-state index is -4.93. The van der Waals surface area contributed by atoms with Crippen molar-refractivity contribution in [2.45, 2.75) is 64.8 Å². The highest BCUT2D eigenvalue weighted by molar-refractivity contribution is 7.81. The topological polar surface area (TPSA) is 102 Å². The third-order valence-electron chi connectivity index (χ3n) is 7.81. The largest absolute Gasteiger partial charge is 0.492 e. The molecule has 1 aromatic carbocycles. The molecule has 2 fully saturated rings. The second-order valence-electron chi connectivity index (χ2n) is 13.1. The quantitative estimate of drug-likeness (QED) is 0.194. The Bertz CT molecular complexity index is 1610. The first-order valence-electron chi connectivity index (χ1n) is 15.1. The van der Waals surface area contributed by atoms with E-state index in [0.29, 0.717) is 45.7 Å². The number of amides is 1. The number of carbonyl (C=O) groups excluding carboxylic acids is 2. The number of ether oxygens (including phenoxy) is 2. The van der Waals surface area contributed by atoms with E-state index in [0.717, 1.165) is 17.2 Å². The lowest BCUT2D eigenvalue weighted by molar-refractivity contribution is -0.156. The highest BCUT2D eigenvalue weighted by atomic mass is 32.1. The molecule has 48 heavy (non-hydrogen) atoms. The number of nitriles is 1. The first-order valence-corrected chi connectivity index (χ1v) is 15.5. The molecule has 0 saturated carbocycles. The standard InChI is InChI=1S/C32H37F5N6O4S/c1-29(2,3)47-26(44)19-41-11-9-40(10-12-41)13-14-46-25-8-7-20(15-23(25)31(6,33)34)43-28(48)42(27(45)30(43,4)5)21-16-22(32(35,36)37)24(17-38)39-18-21/h7-8,15-16,18H,9-14,19H2,1-6H3. The molecule has 2 aliphatic rings. The van der Waals surface area contributed by atoms with E-state index >= 15 is 0 Å². The number of anilines is 2. The molecule has 1 amide bonds. The fraction of sp³-hybridized carbons (Fsp3) is 0.531. The number of nitrogens with zero attached hydrogens (tertiary/aromatic N) is 6. The molecule has 2 aliphatic heterocycles. The van der Waals surface area contributed by atoms with E-state index in [9.17, 15) is 31.5 Å². The lowest BCUT2D eigenvalue weighted by Crippen LogP contribution is -2.49. The van der Waals surface area contributed by atoms with Gasteiger partial charge in [-0.1, -0.05) is 0 Å². The molecule has 2 aromatic rings. The molecule has 0 bridgehead atoms. The van der Waals surface area contributed by atoms with Gasteiger partial charge in [0.25, 0.3) is 11.8 Å². The lowest BCUT2D eigenvalue weighted by atomic mass is 10.0. The van der Waals surface area contributed by atoms with Crippen molar-refractivity contribution in [3.63, 3.8) is 0 Å². The molecule has 260 valence electrons. The summed E-state index contributed by atoms with van der Waals surface area (Å²) in [6.45, 7) is 12.3. The van der Waals surface area contributed by atoms with Crippen LogP contribution in [0.5, 0.6) is 5.75 Å². The fourth-order valence-electron chi connectivity index (χ4n) is 5.48. The van der Waals surface area contributed by atoms with E-state index in [-0.39, 0.29) is 41.4 Å². The van der Waals surface area contributed by atoms with Gasteiger partial charge in [0, 0.05) is 45.3 Å². The average molecular weight is 697 g/mol. The molecule has 10 nitrogen and oxygen atoms in total. The number of hydrogen-bond donors (Lipinski definition) is 0. The summed E-state index contributed by atoms with van der Waals surface area (Å²) in [6, 6.07) is 5.93. The van der Waals surface area contributed by atoms with Crippen molar-refractivity contribution in [1.29, 1.82) is 5.26 Å². The molecule has 1 aromatic heterocycles. The Hall–Kier alpha value is -3.94. The Kier molecular flexibility index (Phi) is 10.4. The Morgan fingerprint density at radius 2 is 1.60 bits per heavy atom. The molecular weight excluding hydrogens is 659 g/mol. The number of hydrogen-bond acceptors (Lipinski definition) is 9. The van der Waals surface area contributed by atoms with E-state index in [4.69, 9.17) is 27.0 Å². The summed E-state index contributed by atoms with van der Waals surface area (Å²) in [5.74, 6) is -4.46. The van der Waals surface area contributed by atoms with Crippen molar-refractivity contribution in [1.82, 2.24) is 14.8 Å². The van der Waals surface area contributed by atoms with E-state index in [2.05, 4.69) is 9.88 Å². The van der Waals surface area contributed by atoms with Gasteiger partial charge in [-0.2, -0.15) is 18.4 Å². The first kappa shape index (κ1) is 36.9. The number of aromatic nitrogens is 1. The molecule has 4 rings (SSSR count). The molecular formula is C32H37F5N6O4S. The van der Waals surface area contributed by atoms with Crippen LogP contribution < -0.4 is 14.5 Å². The van der Waals surface area contributed by atoms with Gasteiger partial charge in [-0.3, -0.25) is 24.3 Å². The zero-order valence-corrected chi connectivity index (χ0v) is 28.3. The van der Waals surface area contributed by atoms with Crippen LogP contribution in [0.2, 0.25) is 0 Å². The second-order valence-corrected chi connectivity index (χ2v) is 13.5. The van der Waals surface area contributed by atoms with Crippen LogP contribution in [-0.2, 0) is 26.4 Å². The summed E-state index contributed by atoms with van der Waals surface area (Å²) >= 11 is 5.52. The number of carbonyl (C=O) groups is 2. The van der Waals surface area contributed by atoms with Crippen molar-refractivity contribution < 1.29 is 41.0 Å². The predicted octanol–water partition coefficient (Wildman–Crippen LogP) is 5.34. The zero-order chi connectivity index (χ0) is 35.8. The predicted molar refractivity (Wildman–Crippen MR) is 171 cm³/mol. The van der Waals surface area contributed by atoms with Gasteiger partial charge in [0.15, 0.2) is 10.8 Å². The maximum absolute atomic E-state index is 14.9. The minimum absolute atomic E-state index is 0.0768. The van der Waals surface area contributed by atoms with Gasteiger partial charge in [0.05, 0.1) is 29.6 Å². The van der Waals surface area contributed by atoms with Crippen molar-refractivity contribution in [2.24, 2.45) is 0 Å². The number of pyridine rings is 1. The van der Waals surface area contributed by atoms with Gasteiger partial charge in [-0.15, -0.1) is 0 Å². The van der Waals surface area contributed by atoms with Gasteiger partial charge in [0.2, 0.25) is 0 Å². The average Bonchev–Trinajstić information content (AvgIpc) is 3.14. The Balaban J connectivity index is 1.48. The van der Waals surface area contributed by atoms with E-state index in [1.54, 1.807) is 0 Å². The van der Waals surface area contributed by atoms with E-state index in [1.165, 1.54) is 36.9 Å². The molecule has 0 spiro atoms. The number of halogens is 5. The summed E-state index contributed by atoms with van der Waals surface area (Å²) in [5.41, 5.74) is -4.95. The Morgan fingerprint density at radius 3 is 2.17 bits per heavy atom. The SMILES string of the molecule is CC(C)(C)OC(=O)CN1CCN(CCOc2ccc(N3C(=S)N(c4cnc(C#N)c(C(F)(F)F)c4)C(=O)C3(C)C)cc2C(C)(F)F)CC1. The van der Waals surface area contributed by atoms with Gasteiger partial charge < -0.3 is 14.4 Å². The number of benzene rings is 1. The zero-order valence-electron chi connectivity index (χ0n) is 27.5. The molecule has 0 aliphatic carbocycles. The van der Waals surface area contributed by atoms with Crippen molar-refractivity contribution >= 4 is 40.6 Å². The first-order chi connectivity index (χ1) is 22.1. The van der Waals surface area contributed by atoms with Gasteiger partial charge in [-0.25, -0.2) is 13.8 Å². The van der Waals surface area contributed by atoms with E-state index < -0.39 is 46.0 Å². The summed E-state index contributed by atoms with van der Waals surface area (Å²) in [7, 11) is 0. The molecule has 16 heteroatoms. The smallest absolute Gasteiger partial charge is 0.419 e. The van der Waals surface area contributed by atoms with Crippen LogP contribution in [0.1, 0.15) is 58.4 Å². The third-order valence-corrected chi connectivity index (χ3v) is 8.17. The Labute approximate surface area is 281 Å². The molecule has 0 radical (unpaired) electrons. The summed E-state index contributed by atoms with van der Waals surface area (Å²) in [4.78, 5) is 35.5. The number of rotatable bonds is 9. The number of alkyl halides is 5. The number of piperazine rings is 1. The fourth-order valence-corrected chi connectivity index (χ4v) is 6.00. The van der Waals surface area contributed by atoms with Crippen LogP contribution in [0.4, 0.5) is 33.3 Å². The summed E-state index contributed by atoms with van der Waals surface area (Å²) in [5, 5.41) is 8.84. The number of thiocarbonyl (C=S) groups is 1. The van der Waals surface area contributed by atoms with Gasteiger partial charge >= 0.3 is 12.1 Å². The maximum atomic E-state index is 14.9. The van der Waals surface area contributed by atoms with Crippen molar-refractivity contribution in [3.8, 4) is 11.8 Å². The highest BCUT2D eigenvalue weighted by Gasteiger charge is 2.51. The minimum Gasteiger partial charge on any atom is -0.492 e. The highest BCUT2D eigenvalue weighted by Crippen LogP contribution is 2.42. The van der Waals surface area contributed by atoms with Crippen molar-refractivity contribution in [2.75, 3.05) is 55.7 Å². The molecule has 2 saturated heterocycles. The monoisotopic (exact) mass is 696 g/mol. The van der Waals surface area contributed by atoms with E-state index in [1.807, 2.05) is 25.7 Å². The van der Waals surface area contributed by atoms with Crippen LogP contribution in [-0.4, -0.2) is 88.8 Å². The summed E-state index contributed by atoms with van der Waals surface area (Å²) < 4.78 is 82.0. The molecule has 0 atom stereocenters. The van der Waals surface area contributed by atoms with Crippen LogP contribution in [0.25, 0.3) is 0 Å². The third kappa shape index (κ3) is 8.19. The molecule has 0 unspecified atom stereocenters. The Morgan fingerprint density at radius 1 is 1.00 bits per heavy atom. The van der Waals surface area contributed by atoms with Crippen molar-refractivity contribution in [3.05, 3.63) is 47.3 Å². The van der Waals surface area contributed by atoms with Crippen LogP contribution >= 0.6 is 12.2 Å². The maximum Gasteiger partial charge on any atom is 0.419 e. The summed E-state index contributed by atoms with van der Waals surface area (Å²) in [6.07, 6.45) is -4.00. The number of esters is 1. The van der Waals surface area contributed by atoms with Crippen LogP contribution in [0, 0.1) is 11.3 Å². The van der Waals surface area contributed by atoms with Crippen LogP contribution in [0.3, 0.4) is 0 Å². The molecule has 0 N–H and O–H groups in total. The lowest BCUT2D eigenvalue weighted by Gasteiger charge is -2.34.